The normalized spacial score (nSPS) is 10.2. The van der Waals surface area contributed by atoms with Gasteiger partial charge in [-0.05, 0) is 18.2 Å². The molecule has 0 aliphatic carbocycles. The number of urea groups is 1. The van der Waals surface area contributed by atoms with E-state index in [1.165, 1.54) is 6.07 Å². The lowest BCUT2D eigenvalue weighted by Crippen LogP contribution is -2.28. The number of carboxylic acid groups (broad SMARTS) is 1. The Balaban J connectivity index is 1.96. The van der Waals surface area contributed by atoms with Gasteiger partial charge in [-0.25, -0.2) is 14.0 Å². The van der Waals surface area contributed by atoms with E-state index < -0.39 is 23.4 Å². The van der Waals surface area contributed by atoms with Gasteiger partial charge in [-0.1, -0.05) is 0 Å². The molecule has 0 saturated heterocycles. The number of aromatic carboxylic acids is 1. The van der Waals surface area contributed by atoms with Crippen LogP contribution < -0.4 is 10.6 Å². The van der Waals surface area contributed by atoms with Crippen LogP contribution in [-0.2, 0) is 13.6 Å². The fourth-order valence-electron chi connectivity index (χ4n) is 1.69. The molecule has 0 atom stereocenters. The van der Waals surface area contributed by atoms with Crippen LogP contribution in [0.4, 0.5) is 14.9 Å². The van der Waals surface area contributed by atoms with Gasteiger partial charge in [-0.3, -0.25) is 4.68 Å². The minimum Gasteiger partial charge on any atom is -0.478 e. The molecule has 1 heterocycles. The fraction of sp³-hybridized carbons (Fsp3) is 0.154. The molecular formula is C13H13FN4O3. The van der Waals surface area contributed by atoms with Crippen molar-refractivity contribution in [1.29, 1.82) is 0 Å². The summed E-state index contributed by atoms with van der Waals surface area (Å²) in [5.41, 5.74) is 0.510. The highest BCUT2D eigenvalue weighted by atomic mass is 19.1. The van der Waals surface area contributed by atoms with Gasteiger partial charge in [0.25, 0.3) is 0 Å². The maximum absolute atomic E-state index is 13.2. The number of nitrogens with zero attached hydrogens (tertiary/aromatic N) is 2. The lowest BCUT2D eigenvalue weighted by atomic mass is 10.2. The van der Waals surface area contributed by atoms with Gasteiger partial charge in [0.15, 0.2) is 0 Å². The van der Waals surface area contributed by atoms with Crippen molar-refractivity contribution in [2.75, 3.05) is 5.32 Å². The number of halogens is 1. The van der Waals surface area contributed by atoms with E-state index in [-0.39, 0.29) is 12.2 Å². The van der Waals surface area contributed by atoms with E-state index in [9.17, 15) is 14.0 Å². The molecule has 8 heteroatoms. The molecule has 0 fully saturated rings. The summed E-state index contributed by atoms with van der Waals surface area (Å²) < 4.78 is 14.8. The summed E-state index contributed by atoms with van der Waals surface area (Å²) in [6.07, 6.45) is 3.36. The van der Waals surface area contributed by atoms with E-state index in [1.807, 2.05) is 0 Å². The van der Waals surface area contributed by atoms with E-state index >= 15 is 0 Å². The van der Waals surface area contributed by atoms with Crippen molar-refractivity contribution < 1.29 is 19.1 Å². The smallest absolute Gasteiger partial charge is 0.338 e. The van der Waals surface area contributed by atoms with Crippen molar-refractivity contribution in [1.82, 2.24) is 15.1 Å². The average molecular weight is 292 g/mol. The Hall–Kier alpha value is -2.90. The number of amides is 2. The minimum atomic E-state index is -1.40. The molecule has 0 saturated carbocycles. The summed E-state index contributed by atoms with van der Waals surface area (Å²) in [4.78, 5) is 22.5. The first-order valence-corrected chi connectivity index (χ1v) is 6.01. The van der Waals surface area contributed by atoms with Gasteiger partial charge in [0.2, 0.25) is 0 Å². The number of hydrogen-bond donors (Lipinski definition) is 3. The van der Waals surface area contributed by atoms with Gasteiger partial charge in [0.05, 0.1) is 11.8 Å². The molecule has 0 aliphatic heterocycles. The van der Waals surface area contributed by atoms with Gasteiger partial charge in [0.1, 0.15) is 5.82 Å². The molecule has 0 unspecified atom stereocenters. The average Bonchev–Trinajstić information content (AvgIpc) is 2.84. The zero-order chi connectivity index (χ0) is 15.4. The van der Waals surface area contributed by atoms with Crippen LogP contribution in [0.25, 0.3) is 0 Å². The summed E-state index contributed by atoms with van der Waals surface area (Å²) in [6.45, 7) is 0.270. The molecule has 1 aromatic carbocycles. The Bertz CT molecular complexity index is 684. The SMILES string of the molecule is Cn1cc(CNC(=O)Nc2ccc(F)c(C(=O)O)c2)cn1. The summed E-state index contributed by atoms with van der Waals surface area (Å²) in [7, 11) is 1.76. The van der Waals surface area contributed by atoms with E-state index in [0.717, 1.165) is 17.7 Å². The molecule has 0 aliphatic rings. The first kappa shape index (κ1) is 14.5. The number of rotatable bonds is 4. The molecular weight excluding hydrogens is 279 g/mol. The molecule has 3 N–H and O–H groups in total. The van der Waals surface area contributed by atoms with Crippen molar-refractivity contribution in [3.05, 3.63) is 47.5 Å². The first-order valence-electron chi connectivity index (χ1n) is 6.01. The van der Waals surface area contributed by atoms with E-state index in [1.54, 1.807) is 24.1 Å². The summed E-state index contributed by atoms with van der Waals surface area (Å²) >= 11 is 0. The highest BCUT2D eigenvalue weighted by molar-refractivity contribution is 5.93. The quantitative estimate of drug-likeness (QED) is 0.797. The lowest BCUT2D eigenvalue weighted by molar-refractivity contribution is 0.0692. The molecule has 0 spiro atoms. The van der Waals surface area contributed by atoms with Crippen molar-refractivity contribution in [2.45, 2.75) is 6.54 Å². The zero-order valence-electron chi connectivity index (χ0n) is 11.1. The third-order valence-electron chi connectivity index (χ3n) is 2.67. The Morgan fingerprint density at radius 3 is 2.81 bits per heavy atom. The van der Waals surface area contributed by atoms with Crippen molar-refractivity contribution in [3.63, 3.8) is 0 Å². The fourth-order valence-corrected chi connectivity index (χ4v) is 1.69. The van der Waals surface area contributed by atoms with Crippen LogP contribution in [0.1, 0.15) is 15.9 Å². The standard InChI is InChI=1S/C13H13FN4O3/c1-18-7-8(6-16-18)5-15-13(21)17-9-2-3-11(14)10(4-9)12(19)20/h2-4,6-7H,5H2,1H3,(H,19,20)(H2,15,17,21). The molecule has 2 amide bonds. The molecule has 7 nitrogen and oxygen atoms in total. The maximum Gasteiger partial charge on any atom is 0.338 e. The Kier molecular flexibility index (Phi) is 4.17. The number of carbonyl (C=O) groups excluding carboxylic acids is 1. The first-order chi connectivity index (χ1) is 9.95. The van der Waals surface area contributed by atoms with E-state index in [4.69, 9.17) is 5.11 Å². The second-order valence-corrected chi connectivity index (χ2v) is 4.33. The highest BCUT2D eigenvalue weighted by Crippen LogP contribution is 2.14. The summed E-state index contributed by atoms with van der Waals surface area (Å²) in [5.74, 6) is -2.25. The number of benzene rings is 1. The van der Waals surface area contributed by atoms with Gasteiger partial charge < -0.3 is 15.7 Å². The number of carbonyl (C=O) groups is 2. The minimum absolute atomic E-state index is 0.192. The van der Waals surface area contributed by atoms with Gasteiger partial charge in [0, 0.05) is 31.0 Å². The van der Waals surface area contributed by atoms with E-state index in [2.05, 4.69) is 15.7 Å². The van der Waals surface area contributed by atoms with Crippen molar-refractivity contribution in [3.8, 4) is 0 Å². The van der Waals surface area contributed by atoms with Crippen LogP contribution in [0.3, 0.4) is 0 Å². The summed E-state index contributed by atoms with van der Waals surface area (Å²) in [5, 5.41) is 17.8. The van der Waals surface area contributed by atoms with Gasteiger partial charge in [-0.2, -0.15) is 5.10 Å². The van der Waals surface area contributed by atoms with Crippen molar-refractivity contribution >= 4 is 17.7 Å². The topological polar surface area (TPSA) is 96.2 Å². The number of anilines is 1. The molecule has 0 radical (unpaired) electrons. The van der Waals surface area contributed by atoms with Crippen LogP contribution in [-0.4, -0.2) is 26.9 Å². The maximum atomic E-state index is 13.2. The largest absolute Gasteiger partial charge is 0.478 e. The van der Waals surface area contributed by atoms with E-state index in [0.29, 0.717) is 0 Å². The second kappa shape index (κ2) is 6.04. The van der Waals surface area contributed by atoms with Crippen LogP contribution in [0, 0.1) is 5.82 Å². The van der Waals surface area contributed by atoms with Crippen LogP contribution in [0.2, 0.25) is 0 Å². The Labute approximate surface area is 119 Å². The predicted molar refractivity (Wildman–Crippen MR) is 72.4 cm³/mol. The Morgan fingerprint density at radius 2 is 2.19 bits per heavy atom. The second-order valence-electron chi connectivity index (χ2n) is 4.33. The van der Waals surface area contributed by atoms with Crippen molar-refractivity contribution in [2.24, 2.45) is 7.05 Å². The third-order valence-corrected chi connectivity index (χ3v) is 2.67. The Morgan fingerprint density at radius 1 is 1.43 bits per heavy atom. The molecule has 2 rings (SSSR count). The molecule has 0 bridgehead atoms. The number of aryl methyl sites for hydroxylation is 1. The van der Waals surface area contributed by atoms with Gasteiger partial charge >= 0.3 is 12.0 Å². The molecule has 1 aromatic heterocycles. The third kappa shape index (κ3) is 3.78. The van der Waals surface area contributed by atoms with Crippen LogP contribution in [0.15, 0.2) is 30.6 Å². The van der Waals surface area contributed by atoms with Crippen LogP contribution in [0.5, 0.6) is 0 Å². The number of carboxylic acids is 1. The van der Waals surface area contributed by atoms with Gasteiger partial charge in [-0.15, -0.1) is 0 Å². The highest BCUT2D eigenvalue weighted by Gasteiger charge is 2.12. The number of nitrogens with one attached hydrogen (secondary N) is 2. The number of hydrogen-bond acceptors (Lipinski definition) is 3. The predicted octanol–water partition coefficient (Wildman–Crippen LogP) is 1.58. The zero-order valence-corrected chi connectivity index (χ0v) is 11.1. The monoisotopic (exact) mass is 292 g/mol. The molecule has 2 aromatic rings. The molecule has 21 heavy (non-hydrogen) atoms. The number of aromatic nitrogens is 2. The summed E-state index contributed by atoms with van der Waals surface area (Å²) in [6, 6.07) is 2.80. The van der Waals surface area contributed by atoms with Crippen LogP contribution >= 0.6 is 0 Å². The molecule has 110 valence electrons. The lowest BCUT2D eigenvalue weighted by Gasteiger charge is -2.07.